The lowest BCUT2D eigenvalue weighted by Crippen LogP contribution is -2.47. The number of likely N-dealkylation sites (N-methyl/N-ethyl adjacent to an activating group) is 1. The van der Waals surface area contributed by atoms with E-state index in [1.165, 1.54) is 0 Å². The molecule has 0 atom stereocenters. The lowest BCUT2D eigenvalue weighted by molar-refractivity contribution is 0.0664. The van der Waals surface area contributed by atoms with Crippen LogP contribution in [0.15, 0.2) is 67.0 Å². The highest BCUT2D eigenvalue weighted by Gasteiger charge is 2.22. The predicted molar refractivity (Wildman–Crippen MR) is 149 cm³/mol. The molecule has 1 fully saturated rings. The fraction of sp³-hybridized carbons (Fsp3) is 0.172. The van der Waals surface area contributed by atoms with E-state index in [-0.39, 0.29) is 5.91 Å². The number of primary amides is 1. The van der Waals surface area contributed by atoms with E-state index in [2.05, 4.69) is 26.9 Å². The summed E-state index contributed by atoms with van der Waals surface area (Å²) in [5.74, 6) is -0.518. The van der Waals surface area contributed by atoms with Gasteiger partial charge in [-0.2, -0.15) is 0 Å². The number of aromatic nitrogens is 3. The van der Waals surface area contributed by atoms with E-state index in [0.717, 1.165) is 51.8 Å². The fourth-order valence-electron chi connectivity index (χ4n) is 5.03. The van der Waals surface area contributed by atoms with Gasteiger partial charge in [-0.25, -0.2) is 4.98 Å². The number of hydrogen-bond acceptors (Lipinski definition) is 5. The fourth-order valence-corrected chi connectivity index (χ4v) is 5.15. The molecule has 2 amide bonds. The number of nitrogens with zero attached hydrogens (tertiary/aromatic N) is 4. The number of halogens is 1. The average molecular weight is 525 g/mol. The first-order valence-electron chi connectivity index (χ1n) is 12.3. The molecule has 1 aliphatic heterocycles. The van der Waals surface area contributed by atoms with Crippen LogP contribution in [0.3, 0.4) is 0 Å². The van der Waals surface area contributed by atoms with Gasteiger partial charge in [-0.1, -0.05) is 29.8 Å². The number of carbonyl (C=O) groups excluding carboxylic acids is 2. The molecule has 8 nitrogen and oxygen atoms in total. The Morgan fingerprint density at radius 1 is 0.921 bits per heavy atom. The molecule has 0 saturated carbocycles. The Bertz CT molecular complexity index is 1690. The van der Waals surface area contributed by atoms with E-state index in [0.29, 0.717) is 34.9 Å². The van der Waals surface area contributed by atoms with E-state index in [1.807, 2.05) is 47.4 Å². The van der Waals surface area contributed by atoms with E-state index >= 15 is 0 Å². The molecular formula is C29H25ClN6O2. The van der Waals surface area contributed by atoms with Crippen LogP contribution in [0.5, 0.6) is 0 Å². The van der Waals surface area contributed by atoms with Gasteiger partial charge in [0.25, 0.3) is 11.8 Å². The van der Waals surface area contributed by atoms with E-state index in [4.69, 9.17) is 17.3 Å². The van der Waals surface area contributed by atoms with Crippen LogP contribution in [-0.2, 0) is 0 Å². The molecule has 0 aliphatic carbocycles. The molecule has 1 aliphatic rings. The number of aromatic amines is 1. The highest BCUT2D eigenvalue weighted by molar-refractivity contribution is 6.29. The maximum absolute atomic E-state index is 13.2. The zero-order valence-electron chi connectivity index (χ0n) is 20.7. The van der Waals surface area contributed by atoms with Gasteiger partial charge in [-0.15, -0.1) is 0 Å². The number of nitrogens with one attached hydrogen (secondary N) is 1. The lowest BCUT2D eigenvalue weighted by Gasteiger charge is -2.32. The smallest absolute Gasteiger partial charge is 0.254 e. The van der Waals surface area contributed by atoms with Gasteiger partial charge < -0.3 is 20.5 Å². The van der Waals surface area contributed by atoms with Crippen molar-refractivity contribution in [3.05, 3.63) is 83.3 Å². The minimum absolute atomic E-state index is 0.00508. The maximum Gasteiger partial charge on any atom is 0.254 e. The second-order valence-electron chi connectivity index (χ2n) is 9.56. The minimum atomic E-state index is -0.523. The first-order valence-corrected chi connectivity index (χ1v) is 12.7. The third-order valence-electron chi connectivity index (χ3n) is 7.15. The molecule has 5 aromatic rings. The van der Waals surface area contributed by atoms with Crippen LogP contribution < -0.4 is 5.73 Å². The van der Waals surface area contributed by atoms with Crippen LogP contribution in [0.1, 0.15) is 20.7 Å². The molecule has 190 valence electrons. The van der Waals surface area contributed by atoms with Crippen molar-refractivity contribution < 1.29 is 9.59 Å². The third kappa shape index (κ3) is 4.27. The molecule has 0 radical (unpaired) electrons. The molecule has 0 bridgehead atoms. The third-order valence-corrected chi connectivity index (χ3v) is 7.38. The largest absolute Gasteiger partial charge is 0.366 e. The number of amides is 2. The van der Waals surface area contributed by atoms with Crippen molar-refractivity contribution in [1.82, 2.24) is 24.8 Å². The van der Waals surface area contributed by atoms with Crippen molar-refractivity contribution >= 4 is 45.2 Å². The van der Waals surface area contributed by atoms with Crippen LogP contribution in [-0.4, -0.2) is 69.8 Å². The maximum atomic E-state index is 13.2. The number of carbonyl (C=O) groups is 2. The normalized spacial score (nSPS) is 14.3. The number of benzene rings is 2. The Labute approximate surface area is 224 Å². The van der Waals surface area contributed by atoms with Crippen LogP contribution in [0.2, 0.25) is 5.15 Å². The molecule has 38 heavy (non-hydrogen) atoms. The summed E-state index contributed by atoms with van der Waals surface area (Å²) < 4.78 is 0. The second kappa shape index (κ2) is 9.55. The molecular weight excluding hydrogens is 500 g/mol. The summed E-state index contributed by atoms with van der Waals surface area (Å²) in [7, 11) is 2.06. The zero-order valence-corrected chi connectivity index (χ0v) is 21.5. The van der Waals surface area contributed by atoms with Crippen LogP contribution in [0.25, 0.3) is 44.2 Å². The summed E-state index contributed by atoms with van der Waals surface area (Å²) in [6.07, 6.45) is 3.48. The van der Waals surface area contributed by atoms with Gasteiger partial charge in [0.05, 0.1) is 16.8 Å². The van der Waals surface area contributed by atoms with Gasteiger partial charge in [-0.05, 0) is 49.0 Å². The monoisotopic (exact) mass is 524 g/mol. The number of nitrogens with two attached hydrogens (primary N) is 1. The standard InChI is InChI=1S/C29H25ClN6O2/c1-35-10-12-36(13-11-35)29(38)17-2-5-21-24(14-17)34-27-22(28(31)37)7-6-20(26(21)27)18-3-8-23(32-15-18)19-4-9-25(30)33-16-19/h2-9,14-16,34H,10-13H2,1H3,(H2,31,37). The summed E-state index contributed by atoms with van der Waals surface area (Å²) in [6.45, 7) is 3.11. The van der Waals surface area contributed by atoms with Gasteiger partial charge in [0.1, 0.15) is 5.15 Å². The summed E-state index contributed by atoms with van der Waals surface area (Å²) >= 11 is 5.91. The number of rotatable bonds is 4. The predicted octanol–water partition coefficient (Wildman–Crippen LogP) is 4.59. The van der Waals surface area contributed by atoms with Crippen molar-refractivity contribution in [2.45, 2.75) is 0 Å². The van der Waals surface area contributed by atoms with Crippen LogP contribution >= 0.6 is 11.6 Å². The van der Waals surface area contributed by atoms with Crippen molar-refractivity contribution in [3.63, 3.8) is 0 Å². The molecule has 3 aromatic heterocycles. The zero-order chi connectivity index (χ0) is 26.4. The Kier molecular flexibility index (Phi) is 6.06. The Hall–Kier alpha value is -4.27. The van der Waals surface area contributed by atoms with Crippen molar-refractivity contribution in [1.29, 1.82) is 0 Å². The van der Waals surface area contributed by atoms with E-state index < -0.39 is 5.91 Å². The Morgan fingerprint density at radius 3 is 2.37 bits per heavy atom. The number of fused-ring (bicyclic) bond motifs is 3. The molecule has 9 heteroatoms. The lowest BCUT2D eigenvalue weighted by atomic mass is 9.97. The number of pyridine rings is 2. The van der Waals surface area contributed by atoms with Crippen LogP contribution in [0, 0.1) is 0 Å². The minimum Gasteiger partial charge on any atom is -0.366 e. The second-order valence-corrected chi connectivity index (χ2v) is 9.94. The number of H-pyrrole nitrogens is 1. The highest BCUT2D eigenvalue weighted by Crippen LogP contribution is 2.37. The van der Waals surface area contributed by atoms with Crippen molar-refractivity contribution in [2.75, 3.05) is 33.2 Å². The Balaban J connectivity index is 1.43. The molecule has 3 N–H and O–H groups in total. The van der Waals surface area contributed by atoms with Gasteiger partial charge >= 0.3 is 0 Å². The summed E-state index contributed by atoms with van der Waals surface area (Å²) in [5.41, 5.74) is 11.6. The molecule has 0 unspecified atom stereocenters. The first-order chi connectivity index (χ1) is 18.4. The quantitative estimate of drug-likeness (QED) is 0.334. The van der Waals surface area contributed by atoms with Gasteiger partial charge in [0.15, 0.2) is 0 Å². The van der Waals surface area contributed by atoms with Gasteiger partial charge in [-0.3, -0.25) is 14.6 Å². The van der Waals surface area contributed by atoms with Crippen molar-refractivity contribution in [2.24, 2.45) is 5.73 Å². The summed E-state index contributed by atoms with van der Waals surface area (Å²) in [4.78, 5) is 41.7. The number of piperazine rings is 1. The number of hydrogen-bond donors (Lipinski definition) is 2. The average Bonchev–Trinajstić information content (AvgIpc) is 3.32. The Morgan fingerprint density at radius 2 is 1.68 bits per heavy atom. The molecule has 4 heterocycles. The molecule has 0 spiro atoms. The van der Waals surface area contributed by atoms with Crippen LogP contribution in [0.4, 0.5) is 0 Å². The summed E-state index contributed by atoms with van der Waals surface area (Å²) in [5, 5.41) is 2.19. The first kappa shape index (κ1) is 24.1. The highest BCUT2D eigenvalue weighted by atomic mass is 35.5. The topological polar surface area (TPSA) is 108 Å². The molecule has 1 saturated heterocycles. The SMILES string of the molecule is CN1CCN(C(=O)c2ccc3c(c2)[nH]c2c(C(N)=O)ccc(-c4ccc(-c5ccc(Cl)nc5)nc4)c23)CC1. The van der Waals surface area contributed by atoms with Crippen molar-refractivity contribution in [3.8, 4) is 22.4 Å². The van der Waals surface area contributed by atoms with Gasteiger partial charge in [0, 0.05) is 71.6 Å². The van der Waals surface area contributed by atoms with Gasteiger partial charge in [0.2, 0.25) is 0 Å². The van der Waals surface area contributed by atoms with E-state index in [9.17, 15) is 9.59 Å². The molecule has 2 aromatic carbocycles. The van der Waals surface area contributed by atoms with E-state index in [1.54, 1.807) is 24.5 Å². The molecule has 6 rings (SSSR count). The summed E-state index contributed by atoms with van der Waals surface area (Å²) in [6, 6.07) is 16.8.